The molecule has 0 aromatic heterocycles. The molecule has 116 valence electrons. The summed E-state index contributed by atoms with van der Waals surface area (Å²) in [6, 6.07) is 11.8. The molecule has 2 rings (SSSR count). The van der Waals surface area contributed by atoms with Crippen molar-refractivity contribution in [3.8, 4) is 0 Å². The Morgan fingerprint density at radius 2 is 1.82 bits per heavy atom. The van der Waals surface area contributed by atoms with Crippen molar-refractivity contribution in [3.63, 3.8) is 0 Å². The number of nitro groups is 1. The van der Waals surface area contributed by atoms with Gasteiger partial charge in [0.1, 0.15) is 0 Å². The summed E-state index contributed by atoms with van der Waals surface area (Å²) in [5.74, 6) is 0. The summed E-state index contributed by atoms with van der Waals surface area (Å²) in [6.45, 7) is 0.141. The van der Waals surface area contributed by atoms with Crippen molar-refractivity contribution in [2.45, 2.75) is 11.4 Å². The van der Waals surface area contributed by atoms with Gasteiger partial charge in [-0.15, -0.1) is 0 Å². The fourth-order valence-corrected chi connectivity index (χ4v) is 3.19. The standard InChI is InChI=1S/C14H13ClN2O4S/c1-16(10-11-5-7-12(15)8-6-11)22(20,21)14-4-2-3-13(9-14)17(18)19/h2-9H,10H2,1H3. The van der Waals surface area contributed by atoms with Crippen molar-refractivity contribution in [2.24, 2.45) is 0 Å². The van der Waals surface area contributed by atoms with Gasteiger partial charge >= 0.3 is 0 Å². The molecule has 0 radical (unpaired) electrons. The summed E-state index contributed by atoms with van der Waals surface area (Å²) >= 11 is 5.79. The van der Waals surface area contributed by atoms with Gasteiger partial charge < -0.3 is 0 Å². The fourth-order valence-electron chi connectivity index (χ4n) is 1.87. The van der Waals surface area contributed by atoms with E-state index >= 15 is 0 Å². The Morgan fingerprint density at radius 1 is 1.18 bits per heavy atom. The van der Waals surface area contributed by atoms with Crippen LogP contribution in [0.1, 0.15) is 5.56 Å². The number of non-ortho nitro benzene ring substituents is 1. The van der Waals surface area contributed by atoms with Crippen LogP contribution in [0.25, 0.3) is 0 Å². The maximum atomic E-state index is 12.5. The van der Waals surface area contributed by atoms with E-state index in [1.54, 1.807) is 24.3 Å². The lowest BCUT2D eigenvalue weighted by molar-refractivity contribution is -0.385. The van der Waals surface area contributed by atoms with E-state index in [9.17, 15) is 18.5 Å². The van der Waals surface area contributed by atoms with Crippen molar-refractivity contribution in [2.75, 3.05) is 7.05 Å². The number of nitro benzene ring substituents is 1. The Hall–Kier alpha value is -1.96. The van der Waals surface area contributed by atoms with E-state index in [0.717, 1.165) is 15.9 Å². The molecule has 8 heteroatoms. The Bertz CT molecular complexity index is 791. The van der Waals surface area contributed by atoms with Crippen LogP contribution in [0.15, 0.2) is 53.4 Å². The van der Waals surface area contributed by atoms with Gasteiger partial charge in [0.2, 0.25) is 10.0 Å². The van der Waals surface area contributed by atoms with E-state index in [4.69, 9.17) is 11.6 Å². The first-order valence-corrected chi connectivity index (χ1v) is 8.08. The topological polar surface area (TPSA) is 80.5 Å². The lowest BCUT2D eigenvalue weighted by atomic mass is 10.2. The minimum atomic E-state index is -3.81. The maximum absolute atomic E-state index is 12.5. The number of hydrogen-bond donors (Lipinski definition) is 0. The SMILES string of the molecule is CN(Cc1ccc(Cl)cc1)S(=O)(=O)c1cccc([N+](=O)[O-])c1. The predicted octanol–water partition coefficient (Wildman–Crippen LogP) is 3.07. The molecule has 0 aliphatic rings. The Balaban J connectivity index is 2.27. The Morgan fingerprint density at radius 3 is 2.41 bits per heavy atom. The molecule has 0 spiro atoms. The lowest BCUT2D eigenvalue weighted by Crippen LogP contribution is -2.26. The van der Waals surface area contributed by atoms with Crippen LogP contribution in [-0.4, -0.2) is 24.7 Å². The monoisotopic (exact) mass is 340 g/mol. The second kappa shape index (κ2) is 6.43. The first kappa shape index (κ1) is 16.4. The summed E-state index contributed by atoms with van der Waals surface area (Å²) in [6.07, 6.45) is 0. The molecule has 0 amide bonds. The lowest BCUT2D eigenvalue weighted by Gasteiger charge is -2.17. The molecule has 2 aromatic carbocycles. The van der Waals surface area contributed by atoms with Gasteiger partial charge in [-0.05, 0) is 23.8 Å². The molecule has 6 nitrogen and oxygen atoms in total. The van der Waals surface area contributed by atoms with Gasteiger partial charge in [-0.2, -0.15) is 4.31 Å². The zero-order valence-corrected chi connectivity index (χ0v) is 13.2. The van der Waals surface area contributed by atoms with Crippen LogP contribution in [0.2, 0.25) is 5.02 Å². The third-order valence-electron chi connectivity index (χ3n) is 3.06. The van der Waals surface area contributed by atoms with Gasteiger partial charge in [-0.1, -0.05) is 29.8 Å². The van der Waals surface area contributed by atoms with Crippen molar-refractivity contribution in [1.29, 1.82) is 0 Å². The maximum Gasteiger partial charge on any atom is 0.270 e. The minimum absolute atomic E-state index is 0.113. The molecular formula is C14H13ClN2O4S. The molecule has 22 heavy (non-hydrogen) atoms. The van der Waals surface area contributed by atoms with E-state index in [-0.39, 0.29) is 17.1 Å². The number of sulfonamides is 1. The number of halogens is 1. The van der Waals surface area contributed by atoms with E-state index in [1.165, 1.54) is 25.2 Å². The van der Waals surface area contributed by atoms with Crippen molar-refractivity contribution in [1.82, 2.24) is 4.31 Å². The molecule has 0 atom stereocenters. The highest BCUT2D eigenvalue weighted by Gasteiger charge is 2.23. The highest BCUT2D eigenvalue weighted by Crippen LogP contribution is 2.21. The van der Waals surface area contributed by atoms with E-state index in [0.29, 0.717) is 5.02 Å². The van der Waals surface area contributed by atoms with E-state index < -0.39 is 14.9 Å². The van der Waals surface area contributed by atoms with Crippen LogP contribution < -0.4 is 0 Å². The molecular weight excluding hydrogens is 328 g/mol. The first-order valence-electron chi connectivity index (χ1n) is 6.26. The third-order valence-corrected chi connectivity index (χ3v) is 5.11. The van der Waals surface area contributed by atoms with E-state index in [1.807, 2.05) is 0 Å². The number of benzene rings is 2. The zero-order valence-electron chi connectivity index (χ0n) is 11.6. The number of nitrogens with zero attached hydrogens (tertiary/aromatic N) is 2. The van der Waals surface area contributed by atoms with Crippen molar-refractivity contribution >= 4 is 27.3 Å². The van der Waals surface area contributed by atoms with E-state index in [2.05, 4.69) is 0 Å². The number of hydrogen-bond acceptors (Lipinski definition) is 4. The van der Waals surface area contributed by atoms with Crippen molar-refractivity contribution in [3.05, 3.63) is 69.2 Å². The van der Waals surface area contributed by atoms with Gasteiger partial charge in [0.05, 0.1) is 9.82 Å². The second-order valence-corrected chi connectivity index (χ2v) is 7.12. The molecule has 0 heterocycles. The van der Waals surface area contributed by atoms with Crippen LogP contribution >= 0.6 is 11.6 Å². The summed E-state index contributed by atoms with van der Waals surface area (Å²) < 4.78 is 26.0. The zero-order chi connectivity index (χ0) is 16.3. The second-order valence-electron chi connectivity index (χ2n) is 4.64. The van der Waals surface area contributed by atoms with Gasteiger partial charge in [-0.3, -0.25) is 10.1 Å². The third kappa shape index (κ3) is 3.62. The molecule has 0 saturated heterocycles. The summed E-state index contributed by atoms with van der Waals surface area (Å²) in [7, 11) is -2.39. The van der Waals surface area contributed by atoms with Crippen LogP contribution in [0.5, 0.6) is 0 Å². The first-order chi connectivity index (χ1) is 10.3. The molecule has 0 aliphatic heterocycles. The molecule has 2 aromatic rings. The van der Waals surface area contributed by atoms with Crippen molar-refractivity contribution < 1.29 is 13.3 Å². The average Bonchev–Trinajstić information content (AvgIpc) is 2.49. The Kier molecular flexibility index (Phi) is 4.80. The van der Waals surface area contributed by atoms with Crippen LogP contribution in [0.4, 0.5) is 5.69 Å². The predicted molar refractivity (Wildman–Crippen MR) is 83.2 cm³/mol. The van der Waals surface area contributed by atoms with Gasteiger partial charge in [-0.25, -0.2) is 8.42 Å². The average molecular weight is 341 g/mol. The molecule has 0 fully saturated rings. The van der Waals surface area contributed by atoms with Gasteiger partial charge in [0.15, 0.2) is 0 Å². The van der Waals surface area contributed by atoms with Gasteiger partial charge in [0.25, 0.3) is 5.69 Å². The van der Waals surface area contributed by atoms with Crippen LogP contribution in [0.3, 0.4) is 0 Å². The van der Waals surface area contributed by atoms with Crippen LogP contribution in [-0.2, 0) is 16.6 Å². The smallest absolute Gasteiger partial charge is 0.258 e. The van der Waals surface area contributed by atoms with Crippen LogP contribution in [0, 0.1) is 10.1 Å². The molecule has 0 aliphatic carbocycles. The molecule has 0 unspecified atom stereocenters. The fraction of sp³-hybridized carbons (Fsp3) is 0.143. The quantitative estimate of drug-likeness (QED) is 0.618. The molecule has 0 N–H and O–H groups in total. The summed E-state index contributed by atoms with van der Waals surface area (Å²) in [5, 5.41) is 11.3. The highest BCUT2D eigenvalue weighted by atomic mass is 35.5. The summed E-state index contributed by atoms with van der Waals surface area (Å²) in [5.41, 5.74) is 0.502. The largest absolute Gasteiger partial charge is 0.270 e. The Labute approximate surface area is 133 Å². The number of rotatable bonds is 5. The molecule has 0 bridgehead atoms. The summed E-state index contributed by atoms with van der Waals surface area (Å²) in [4.78, 5) is 10.0. The molecule has 0 saturated carbocycles. The normalized spacial score (nSPS) is 11.6. The van der Waals surface area contributed by atoms with Gasteiger partial charge in [0, 0.05) is 30.7 Å². The highest BCUT2D eigenvalue weighted by molar-refractivity contribution is 7.89. The minimum Gasteiger partial charge on any atom is -0.258 e.